The van der Waals surface area contributed by atoms with Gasteiger partial charge in [-0.2, -0.15) is 10.1 Å². The molecule has 0 bridgehead atoms. The summed E-state index contributed by atoms with van der Waals surface area (Å²) in [5, 5.41) is 17.3. The van der Waals surface area contributed by atoms with Crippen LogP contribution in [-0.2, 0) is 23.4 Å². The number of nitrogens with zero attached hydrogens (tertiary/aromatic N) is 5. The van der Waals surface area contributed by atoms with Gasteiger partial charge in [-0.3, -0.25) is 13.9 Å². The molecule has 6 atom stereocenters. The third-order valence-electron chi connectivity index (χ3n) is 6.54. The molecular formula is C23H30N7O8P. The molecular weight excluding hydrogens is 533 g/mol. The molecule has 4 N–H and O–H groups in total. The van der Waals surface area contributed by atoms with Crippen LogP contribution in [0.1, 0.15) is 39.3 Å². The van der Waals surface area contributed by atoms with E-state index in [1.54, 1.807) is 30.3 Å². The van der Waals surface area contributed by atoms with Gasteiger partial charge in [0.15, 0.2) is 6.23 Å². The third-order valence-corrected chi connectivity index (χ3v) is 8.18. The van der Waals surface area contributed by atoms with Gasteiger partial charge in [-0.15, -0.1) is 0 Å². The summed E-state index contributed by atoms with van der Waals surface area (Å²) in [6.45, 7) is 2.32. The summed E-state index contributed by atoms with van der Waals surface area (Å²) in [4.78, 5) is 31.4. The number of carbonyl (C=O) groups is 1. The summed E-state index contributed by atoms with van der Waals surface area (Å²) in [5.41, 5.74) is 12.2. The van der Waals surface area contributed by atoms with Gasteiger partial charge in [0, 0.05) is 11.1 Å². The Morgan fingerprint density at radius 1 is 1.41 bits per heavy atom. The molecule has 1 aromatic carbocycles. The minimum atomic E-state index is -4.27. The number of aromatic nitrogens is 2. The summed E-state index contributed by atoms with van der Waals surface area (Å²) in [6.07, 6.45) is -0.427. The molecule has 2 aromatic rings. The second-order valence-electron chi connectivity index (χ2n) is 9.47. The average Bonchev–Trinajstić information content (AvgIpc) is 3.10. The lowest BCUT2D eigenvalue weighted by atomic mass is 9.93. The molecule has 1 aliphatic heterocycles. The fourth-order valence-corrected chi connectivity index (χ4v) is 5.62. The number of azide groups is 1. The number of aliphatic hydroxyl groups is 1. The number of esters is 1. The lowest BCUT2D eigenvalue weighted by Crippen LogP contribution is -2.45. The van der Waals surface area contributed by atoms with Crippen LogP contribution in [0.4, 0.5) is 5.82 Å². The number of hydrogen-bond donors (Lipinski definition) is 3. The second kappa shape index (κ2) is 11.7. The highest BCUT2D eigenvalue weighted by Crippen LogP contribution is 2.47. The molecule has 0 spiro atoms. The van der Waals surface area contributed by atoms with E-state index in [0.29, 0.717) is 0 Å². The Kier molecular flexibility index (Phi) is 8.60. The fraction of sp³-hybridized carbons (Fsp3) is 0.522. The number of ether oxygens (including phenoxy) is 2. The van der Waals surface area contributed by atoms with Crippen LogP contribution in [0.5, 0.6) is 5.75 Å². The number of rotatable bonds is 11. The number of benzene rings is 1. The third kappa shape index (κ3) is 6.41. The van der Waals surface area contributed by atoms with Gasteiger partial charge in [0.05, 0.1) is 12.7 Å². The number of nitrogens with one attached hydrogen (secondary N) is 1. The zero-order valence-electron chi connectivity index (χ0n) is 21.3. The minimum absolute atomic E-state index is 0.0322. The molecule has 2 heterocycles. The van der Waals surface area contributed by atoms with E-state index in [-0.39, 0.29) is 17.7 Å². The Bertz CT molecular complexity index is 1330. The number of aliphatic hydroxyl groups excluding tert-OH is 1. The fourth-order valence-electron chi connectivity index (χ4n) is 4.11. The van der Waals surface area contributed by atoms with E-state index in [2.05, 4.69) is 20.1 Å². The first-order valence-electron chi connectivity index (χ1n) is 12.3. The standard InChI is InChI=1S/C23H30N7O8P/c1-14(20(32)36-15-9-6-10-15)27-39(34,38-16-7-4-3-5-8-16)35-13-17-19(31)23(2,28-29-25)21(37-17)30-12-11-18(24)26-22(30)33/h3-5,7-8,11-12,14-15,17,19,21,31H,6,9-10,13H2,1-2H3,(H,27,34)(H2,24,26,33)/t14-,17+,19+,21?,23+,39?/m0/s1. The Labute approximate surface area is 223 Å². The quantitative estimate of drug-likeness (QED) is 0.119. The van der Waals surface area contributed by atoms with Crippen molar-refractivity contribution >= 4 is 19.5 Å². The maximum absolute atomic E-state index is 13.8. The maximum atomic E-state index is 13.8. The predicted molar refractivity (Wildman–Crippen MR) is 137 cm³/mol. The lowest BCUT2D eigenvalue weighted by Gasteiger charge is -2.29. The molecule has 1 saturated carbocycles. The van der Waals surface area contributed by atoms with E-state index in [1.165, 1.54) is 26.1 Å². The molecule has 1 saturated heterocycles. The van der Waals surface area contributed by atoms with E-state index < -0.39 is 56.0 Å². The van der Waals surface area contributed by atoms with Gasteiger partial charge < -0.3 is 24.8 Å². The molecule has 15 nitrogen and oxygen atoms in total. The number of nitrogens with two attached hydrogens (primary N) is 1. The largest absolute Gasteiger partial charge is 0.461 e. The van der Waals surface area contributed by atoms with Crippen LogP contribution in [0.15, 0.2) is 52.5 Å². The molecule has 1 aromatic heterocycles. The zero-order chi connectivity index (χ0) is 28.2. The molecule has 210 valence electrons. The molecule has 0 amide bonds. The van der Waals surface area contributed by atoms with Gasteiger partial charge in [-0.1, -0.05) is 23.3 Å². The maximum Gasteiger partial charge on any atom is 0.459 e. The van der Waals surface area contributed by atoms with Crippen LogP contribution in [-0.4, -0.2) is 57.1 Å². The molecule has 4 rings (SSSR count). The van der Waals surface area contributed by atoms with E-state index >= 15 is 0 Å². The highest BCUT2D eigenvalue weighted by molar-refractivity contribution is 7.52. The molecule has 1 aliphatic carbocycles. The van der Waals surface area contributed by atoms with Crippen molar-refractivity contribution in [2.75, 3.05) is 12.3 Å². The van der Waals surface area contributed by atoms with E-state index in [1.807, 2.05) is 0 Å². The molecule has 2 unspecified atom stereocenters. The Morgan fingerprint density at radius 2 is 2.13 bits per heavy atom. The van der Waals surface area contributed by atoms with Crippen molar-refractivity contribution in [1.29, 1.82) is 0 Å². The van der Waals surface area contributed by atoms with Crippen molar-refractivity contribution in [3.63, 3.8) is 0 Å². The molecule has 0 radical (unpaired) electrons. The Hall–Kier alpha value is -3.45. The Morgan fingerprint density at radius 3 is 2.74 bits per heavy atom. The highest BCUT2D eigenvalue weighted by Gasteiger charge is 2.55. The van der Waals surface area contributed by atoms with Gasteiger partial charge >= 0.3 is 19.4 Å². The van der Waals surface area contributed by atoms with Crippen LogP contribution in [0, 0.1) is 0 Å². The van der Waals surface area contributed by atoms with Crippen LogP contribution in [0.25, 0.3) is 10.4 Å². The SMILES string of the molecule is C[C@H](NP(=O)(OC[C@H]1OC(n2ccc(N)nc2=O)[C@](C)(N=[N+]=[N-])[C@@H]1O)Oc1ccccc1)C(=O)OC1CCC1. The van der Waals surface area contributed by atoms with E-state index in [9.17, 15) is 19.3 Å². The van der Waals surface area contributed by atoms with Crippen LogP contribution in [0.2, 0.25) is 0 Å². The molecule has 39 heavy (non-hydrogen) atoms. The number of para-hydroxylation sites is 1. The average molecular weight is 564 g/mol. The van der Waals surface area contributed by atoms with Crippen LogP contribution in [0.3, 0.4) is 0 Å². The second-order valence-corrected chi connectivity index (χ2v) is 11.2. The van der Waals surface area contributed by atoms with E-state index in [0.717, 1.165) is 23.8 Å². The van der Waals surface area contributed by atoms with Crippen molar-refractivity contribution in [3.05, 3.63) is 63.5 Å². The van der Waals surface area contributed by atoms with Crippen molar-refractivity contribution in [2.24, 2.45) is 5.11 Å². The van der Waals surface area contributed by atoms with Gasteiger partial charge in [0.25, 0.3) is 0 Å². The summed E-state index contributed by atoms with van der Waals surface area (Å²) < 4.78 is 37.3. The van der Waals surface area contributed by atoms with Gasteiger partial charge in [-0.25, -0.2) is 9.36 Å². The first kappa shape index (κ1) is 28.6. The summed E-state index contributed by atoms with van der Waals surface area (Å²) in [6, 6.07) is 8.43. The zero-order valence-corrected chi connectivity index (χ0v) is 22.2. The molecule has 2 fully saturated rings. The lowest BCUT2D eigenvalue weighted by molar-refractivity contribution is -0.154. The number of hydrogen-bond acceptors (Lipinski definition) is 11. The van der Waals surface area contributed by atoms with Crippen molar-refractivity contribution < 1.29 is 33.0 Å². The smallest absolute Gasteiger partial charge is 0.459 e. The van der Waals surface area contributed by atoms with E-state index in [4.69, 9.17) is 29.8 Å². The van der Waals surface area contributed by atoms with Gasteiger partial charge in [0.1, 0.15) is 35.4 Å². The first-order valence-corrected chi connectivity index (χ1v) is 13.8. The number of anilines is 1. The monoisotopic (exact) mass is 563 g/mol. The van der Waals surface area contributed by atoms with Crippen molar-refractivity contribution in [3.8, 4) is 5.75 Å². The van der Waals surface area contributed by atoms with Gasteiger partial charge in [-0.05, 0) is 56.8 Å². The van der Waals surface area contributed by atoms with Crippen molar-refractivity contribution in [1.82, 2.24) is 14.6 Å². The van der Waals surface area contributed by atoms with Gasteiger partial charge in [0.2, 0.25) is 0 Å². The first-order chi connectivity index (χ1) is 18.5. The number of carbonyl (C=O) groups excluding carboxylic acids is 1. The summed E-state index contributed by atoms with van der Waals surface area (Å²) >= 11 is 0. The minimum Gasteiger partial charge on any atom is -0.461 e. The topological polar surface area (TPSA) is 213 Å². The Balaban J connectivity index is 1.54. The number of nitrogen functional groups attached to an aromatic ring is 1. The summed E-state index contributed by atoms with van der Waals surface area (Å²) in [7, 11) is -4.27. The summed E-state index contributed by atoms with van der Waals surface area (Å²) in [5.74, 6) is -0.462. The highest BCUT2D eigenvalue weighted by atomic mass is 31.2. The molecule has 2 aliphatic rings. The predicted octanol–water partition coefficient (Wildman–Crippen LogP) is 2.43. The molecule has 16 heteroatoms. The normalized spacial score (nSPS) is 27.0. The van der Waals surface area contributed by atoms with Crippen LogP contribution >= 0.6 is 7.75 Å². The van der Waals surface area contributed by atoms with Crippen molar-refractivity contribution in [2.45, 2.75) is 69.2 Å². The van der Waals surface area contributed by atoms with Crippen LogP contribution < -0.4 is 21.0 Å².